The molecule has 2 rings (SSSR count). The maximum Gasteiger partial charge on any atom is 0.253 e. The molecule has 0 spiro atoms. The predicted octanol–water partition coefficient (Wildman–Crippen LogP) is 0.0537. The monoisotopic (exact) mass is 226 g/mol. The van der Waals surface area contributed by atoms with Crippen molar-refractivity contribution in [2.45, 2.75) is 11.6 Å². The van der Waals surface area contributed by atoms with Crippen LogP contribution in [0.3, 0.4) is 0 Å². The molecule has 0 radical (unpaired) electrons. The molecule has 1 aromatic heterocycles. The Hall–Kier alpha value is -1.01. The average Bonchev–Trinajstić information content (AvgIpc) is 2.07. The van der Waals surface area contributed by atoms with Gasteiger partial charge in [-0.3, -0.25) is 4.79 Å². The van der Waals surface area contributed by atoms with Gasteiger partial charge in [0.05, 0.1) is 0 Å². The summed E-state index contributed by atoms with van der Waals surface area (Å²) in [5.74, 6) is 2.04. The smallest absolute Gasteiger partial charge is 0.253 e. The van der Waals surface area contributed by atoms with Gasteiger partial charge in [0.1, 0.15) is 5.82 Å². The van der Waals surface area contributed by atoms with Crippen LogP contribution in [0.2, 0.25) is 0 Å². The summed E-state index contributed by atoms with van der Waals surface area (Å²) < 4.78 is 0. The molecule has 0 aromatic carbocycles. The third-order valence-corrected chi connectivity index (χ3v) is 3.28. The molecule has 1 saturated heterocycles. The van der Waals surface area contributed by atoms with Crippen LogP contribution in [0.5, 0.6) is 0 Å². The minimum atomic E-state index is -0.185. The zero-order valence-corrected chi connectivity index (χ0v) is 9.14. The normalized spacial score (nSPS) is 16.3. The van der Waals surface area contributed by atoms with E-state index in [1.54, 1.807) is 11.8 Å². The number of aromatic nitrogens is 2. The average molecular weight is 226 g/mol. The second kappa shape index (κ2) is 4.67. The van der Waals surface area contributed by atoms with Gasteiger partial charge in [-0.05, 0) is 25.4 Å². The molecule has 1 fully saturated rings. The summed E-state index contributed by atoms with van der Waals surface area (Å²) in [6.45, 7) is 2.23. The molecule has 1 aliphatic heterocycles. The van der Waals surface area contributed by atoms with E-state index >= 15 is 0 Å². The van der Waals surface area contributed by atoms with Crippen LogP contribution in [0.1, 0.15) is 6.42 Å². The molecule has 0 bridgehead atoms. The molecule has 0 atom stereocenters. The minimum absolute atomic E-state index is 0.185. The highest BCUT2D eigenvalue weighted by Crippen LogP contribution is 2.17. The van der Waals surface area contributed by atoms with Crippen molar-refractivity contribution in [3.05, 3.63) is 16.4 Å². The fourth-order valence-corrected chi connectivity index (χ4v) is 2.38. The maximum atomic E-state index is 11.1. The number of nitrogens with two attached hydrogens (primary N) is 1. The van der Waals surface area contributed by atoms with Gasteiger partial charge in [0.2, 0.25) is 0 Å². The maximum absolute atomic E-state index is 11.1. The molecule has 82 valence electrons. The topological polar surface area (TPSA) is 83.8 Å². The number of nitrogens with zero attached hydrogens (tertiary/aromatic N) is 1. The lowest BCUT2D eigenvalue weighted by atomic mass is 10.0. The standard InChI is InChI=1S/C9H14N4OS/c10-7-3-8(14)13-9(12-7)15-2-1-6-4-11-5-6/h3,6,11H,1-2,4-5H2,(H3,10,12,13,14). The van der Waals surface area contributed by atoms with Crippen LogP contribution in [0, 0.1) is 5.92 Å². The van der Waals surface area contributed by atoms with Gasteiger partial charge >= 0.3 is 0 Å². The lowest BCUT2D eigenvalue weighted by Crippen LogP contribution is -2.42. The molecule has 4 N–H and O–H groups in total. The molecule has 6 heteroatoms. The molecular formula is C9H14N4OS. The molecule has 0 saturated carbocycles. The number of rotatable bonds is 4. The summed E-state index contributed by atoms with van der Waals surface area (Å²) in [5, 5.41) is 3.84. The van der Waals surface area contributed by atoms with Crippen LogP contribution in [0.25, 0.3) is 0 Å². The van der Waals surface area contributed by atoms with Gasteiger partial charge in [0.25, 0.3) is 5.56 Å². The number of nitrogens with one attached hydrogen (secondary N) is 2. The Morgan fingerprint density at radius 3 is 3.00 bits per heavy atom. The zero-order valence-electron chi connectivity index (χ0n) is 8.32. The van der Waals surface area contributed by atoms with Gasteiger partial charge in [-0.25, -0.2) is 4.98 Å². The predicted molar refractivity (Wildman–Crippen MR) is 61.0 cm³/mol. The Balaban J connectivity index is 1.84. The van der Waals surface area contributed by atoms with Crippen molar-refractivity contribution in [1.29, 1.82) is 0 Å². The lowest BCUT2D eigenvalue weighted by molar-refractivity contribution is 0.341. The highest BCUT2D eigenvalue weighted by molar-refractivity contribution is 7.99. The second-order valence-corrected chi connectivity index (χ2v) is 4.72. The molecule has 0 unspecified atom stereocenters. The van der Waals surface area contributed by atoms with Gasteiger partial charge in [-0.1, -0.05) is 11.8 Å². The van der Waals surface area contributed by atoms with E-state index < -0.39 is 0 Å². The Kier molecular flexibility index (Phi) is 3.27. The van der Waals surface area contributed by atoms with Crippen LogP contribution < -0.4 is 16.6 Å². The molecule has 1 aliphatic rings. The van der Waals surface area contributed by atoms with Crippen LogP contribution in [0.15, 0.2) is 16.0 Å². The Bertz CT molecular complexity index is 388. The van der Waals surface area contributed by atoms with Gasteiger partial charge in [0.15, 0.2) is 5.16 Å². The number of H-pyrrole nitrogens is 1. The Morgan fingerprint density at radius 2 is 2.40 bits per heavy atom. The molecule has 1 aromatic rings. The SMILES string of the molecule is Nc1cc(=O)[nH]c(SCCC2CNC2)n1. The number of thioether (sulfide) groups is 1. The van der Waals surface area contributed by atoms with Crippen molar-refractivity contribution in [3.8, 4) is 0 Å². The van der Waals surface area contributed by atoms with Crippen molar-refractivity contribution >= 4 is 17.6 Å². The fraction of sp³-hybridized carbons (Fsp3) is 0.556. The second-order valence-electron chi connectivity index (χ2n) is 3.64. The first kappa shape index (κ1) is 10.5. The number of anilines is 1. The molecule has 5 nitrogen and oxygen atoms in total. The molecule has 0 amide bonds. The number of hydrogen-bond acceptors (Lipinski definition) is 5. The van der Waals surface area contributed by atoms with E-state index in [-0.39, 0.29) is 11.4 Å². The third kappa shape index (κ3) is 2.97. The van der Waals surface area contributed by atoms with Gasteiger partial charge in [-0.15, -0.1) is 0 Å². The van der Waals surface area contributed by atoms with E-state index in [2.05, 4.69) is 15.3 Å². The molecular weight excluding hydrogens is 212 g/mol. The van der Waals surface area contributed by atoms with E-state index in [1.165, 1.54) is 6.07 Å². The van der Waals surface area contributed by atoms with Crippen molar-refractivity contribution in [3.63, 3.8) is 0 Å². The van der Waals surface area contributed by atoms with Crippen LogP contribution >= 0.6 is 11.8 Å². The summed E-state index contributed by atoms with van der Waals surface area (Å²) in [6.07, 6.45) is 1.15. The summed E-state index contributed by atoms with van der Waals surface area (Å²) in [5.41, 5.74) is 5.29. The van der Waals surface area contributed by atoms with Gasteiger partial charge < -0.3 is 16.0 Å². The summed E-state index contributed by atoms with van der Waals surface area (Å²) in [4.78, 5) is 17.8. The van der Waals surface area contributed by atoms with Crippen molar-refractivity contribution in [2.75, 3.05) is 24.6 Å². The summed E-state index contributed by atoms with van der Waals surface area (Å²) in [7, 11) is 0. The first-order valence-corrected chi connectivity index (χ1v) is 5.93. The Labute approximate surface area is 91.9 Å². The van der Waals surface area contributed by atoms with Crippen LogP contribution in [-0.2, 0) is 0 Å². The number of hydrogen-bond donors (Lipinski definition) is 3. The molecule has 15 heavy (non-hydrogen) atoms. The minimum Gasteiger partial charge on any atom is -0.383 e. The van der Waals surface area contributed by atoms with Gasteiger partial charge in [-0.2, -0.15) is 0 Å². The molecule has 0 aliphatic carbocycles. The third-order valence-electron chi connectivity index (χ3n) is 2.37. The fourth-order valence-electron chi connectivity index (χ4n) is 1.40. The Morgan fingerprint density at radius 1 is 1.60 bits per heavy atom. The van der Waals surface area contributed by atoms with Crippen LogP contribution in [-0.4, -0.2) is 28.8 Å². The molecule has 2 heterocycles. The van der Waals surface area contributed by atoms with Crippen molar-refractivity contribution in [2.24, 2.45) is 5.92 Å². The zero-order chi connectivity index (χ0) is 10.7. The largest absolute Gasteiger partial charge is 0.383 e. The summed E-state index contributed by atoms with van der Waals surface area (Å²) >= 11 is 1.55. The summed E-state index contributed by atoms with van der Waals surface area (Å²) in [6, 6.07) is 1.29. The van der Waals surface area contributed by atoms with Crippen molar-refractivity contribution < 1.29 is 0 Å². The number of nitrogen functional groups attached to an aromatic ring is 1. The van der Waals surface area contributed by atoms with E-state index in [4.69, 9.17) is 5.73 Å². The van der Waals surface area contributed by atoms with E-state index in [0.717, 1.165) is 31.2 Å². The first-order chi connectivity index (χ1) is 7.24. The van der Waals surface area contributed by atoms with Crippen molar-refractivity contribution in [1.82, 2.24) is 15.3 Å². The van der Waals surface area contributed by atoms with E-state index in [1.807, 2.05) is 0 Å². The van der Waals surface area contributed by atoms with E-state index in [0.29, 0.717) is 5.16 Å². The van der Waals surface area contributed by atoms with Gasteiger partial charge in [0, 0.05) is 11.8 Å². The highest BCUT2D eigenvalue weighted by atomic mass is 32.2. The van der Waals surface area contributed by atoms with Crippen LogP contribution in [0.4, 0.5) is 5.82 Å². The highest BCUT2D eigenvalue weighted by Gasteiger charge is 2.15. The quantitative estimate of drug-likeness (QED) is 0.499. The first-order valence-electron chi connectivity index (χ1n) is 4.94. The van der Waals surface area contributed by atoms with E-state index in [9.17, 15) is 4.79 Å². The number of aromatic amines is 1. The lowest BCUT2D eigenvalue weighted by Gasteiger charge is -2.26.